The Balaban J connectivity index is 2.99. The van der Waals surface area contributed by atoms with Crippen molar-refractivity contribution in [2.45, 2.75) is 5.75 Å². The highest BCUT2D eigenvalue weighted by atomic mass is 35.5. The van der Waals surface area contributed by atoms with Gasteiger partial charge in [-0.2, -0.15) is 0 Å². The maximum absolute atomic E-state index is 13.2. The third kappa shape index (κ3) is 3.44. The van der Waals surface area contributed by atoms with Gasteiger partial charge in [0.05, 0.1) is 18.1 Å². The van der Waals surface area contributed by atoms with Crippen LogP contribution >= 0.6 is 11.6 Å². The Morgan fingerprint density at radius 1 is 1.40 bits per heavy atom. The summed E-state index contributed by atoms with van der Waals surface area (Å²) in [6.45, 7) is -0.478. The molecule has 3 nitrogen and oxygen atoms in total. The molecule has 1 N–H and O–H groups in total. The molecule has 15 heavy (non-hydrogen) atoms. The van der Waals surface area contributed by atoms with Gasteiger partial charge in [-0.05, 0) is 12.1 Å². The van der Waals surface area contributed by atoms with Crippen LogP contribution in [-0.4, -0.2) is 25.9 Å². The number of aliphatic hydroxyl groups is 1. The number of rotatable bonds is 4. The second kappa shape index (κ2) is 4.92. The number of sulfone groups is 1. The van der Waals surface area contributed by atoms with Crippen LogP contribution in [0.5, 0.6) is 0 Å². The molecule has 1 aromatic rings. The summed E-state index contributed by atoms with van der Waals surface area (Å²) >= 11 is 5.67. The van der Waals surface area contributed by atoms with Crippen LogP contribution in [0.3, 0.4) is 0 Å². The van der Waals surface area contributed by atoms with E-state index in [4.69, 9.17) is 16.7 Å². The first-order valence-electron chi connectivity index (χ1n) is 4.20. The first kappa shape index (κ1) is 12.4. The average Bonchev–Trinajstić information content (AvgIpc) is 2.11. The molecular weight excluding hydrogens is 243 g/mol. The van der Waals surface area contributed by atoms with Gasteiger partial charge in [0.1, 0.15) is 5.82 Å². The monoisotopic (exact) mass is 252 g/mol. The van der Waals surface area contributed by atoms with Gasteiger partial charge >= 0.3 is 0 Å². The van der Waals surface area contributed by atoms with Crippen LogP contribution in [0, 0.1) is 5.82 Å². The molecule has 0 aromatic heterocycles. The van der Waals surface area contributed by atoms with Gasteiger partial charge in [-0.3, -0.25) is 0 Å². The van der Waals surface area contributed by atoms with Gasteiger partial charge in [0.15, 0.2) is 9.84 Å². The Morgan fingerprint density at radius 2 is 2.07 bits per heavy atom. The first-order chi connectivity index (χ1) is 6.96. The Morgan fingerprint density at radius 3 is 2.60 bits per heavy atom. The fraction of sp³-hybridized carbons (Fsp3) is 0.333. The Hall–Kier alpha value is -0.650. The van der Waals surface area contributed by atoms with E-state index in [1.54, 1.807) is 0 Å². The number of hydrogen-bond acceptors (Lipinski definition) is 3. The minimum atomic E-state index is -3.50. The number of hydrogen-bond donors (Lipinski definition) is 1. The molecule has 0 aliphatic rings. The lowest BCUT2D eigenvalue weighted by Gasteiger charge is -2.05. The fourth-order valence-corrected chi connectivity index (χ4v) is 2.57. The molecule has 6 heteroatoms. The third-order valence-corrected chi connectivity index (χ3v) is 3.72. The molecule has 0 fully saturated rings. The Kier molecular flexibility index (Phi) is 4.07. The molecule has 0 saturated heterocycles. The average molecular weight is 253 g/mol. The molecule has 0 unspecified atom stereocenters. The van der Waals surface area contributed by atoms with Crippen molar-refractivity contribution in [3.05, 3.63) is 34.6 Å². The smallest absolute Gasteiger partial charge is 0.156 e. The van der Waals surface area contributed by atoms with Crippen molar-refractivity contribution in [1.82, 2.24) is 0 Å². The normalized spacial score (nSPS) is 11.7. The summed E-state index contributed by atoms with van der Waals surface area (Å²) < 4.78 is 35.8. The van der Waals surface area contributed by atoms with Crippen LogP contribution in [-0.2, 0) is 15.6 Å². The van der Waals surface area contributed by atoms with E-state index in [1.807, 2.05) is 0 Å². The topological polar surface area (TPSA) is 54.4 Å². The van der Waals surface area contributed by atoms with E-state index in [0.717, 1.165) is 6.07 Å². The standard InChI is InChI=1S/C9H10ClFO3S/c10-8-2-1-3-9(11)7(8)6-15(13,14)5-4-12/h1-3,12H,4-6H2. The minimum Gasteiger partial charge on any atom is -0.395 e. The summed E-state index contributed by atoms with van der Waals surface area (Å²) in [4.78, 5) is 0. The number of benzene rings is 1. The second-order valence-corrected chi connectivity index (χ2v) is 5.61. The molecule has 84 valence electrons. The molecule has 0 atom stereocenters. The van der Waals surface area contributed by atoms with Gasteiger partial charge in [-0.25, -0.2) is 12.8 Å². The molecule has 0 bridgehead atoms. The van der Waals surface area contributed by atoms with Crippen molar-refractivity contribution in [2.75, 3.05) is 12.4 Å². The number of aliphatic hydroxyl groups excluding tert-OH is 1. The molecule has 1 aromatic carbocycles. The molecular formula is C9H10ClFO3S. The molecule has 0 amide bonds. The van der Waals surface area contributed by atoms with Gasteiger partial charge in [-0.1, -0.05) is 17.7 Å². The third-order valence-electron chi connectivity index (χ3n) is 1.83. The summed E-state index contributed by atoms with van der Waals surface area (Å²) in [6.07, 6.45) is 0. The highest BCUT2D eigenvalue weighted by Crippen LogP contribution is 2.21. The van der Waals surface area contributed by atoms with Crippen LogP contribution in [0.15, 0.2) is 18.2 Å². The van der Waals surface area contributed by atoms with Gasteiger partial charge in [-0.15, -0.1) is 0 Å². The van der Waals surface area contributed by atoms with Crippen molar-refractivity contribution in [2.24, 2.45) is 0 Å². The maximum atomic E-state index is 13.2. The summed E-state index contributed by atoms with van der Waals surface area (Å²) in [5.41, 5.74) is -0.0485. The Bertz CT molecular complexity index is 424. The van der Waals surface area contributed by atoms with Crippen LogP contribution < -0.4 is 0 Å². The van der Waals surface area contributed by atoms with E-state index < -0.39 is 33.8 Å². The molecule has 0 saturated carbocycles. The summed E-state index contributed by atoms with van der Waals surface area (Å²) in [7, 11) is -3.50. The van der Waals surface area contributed by atoms with Crippen LogP contribution in [0.2, 0.25) is 5.02 Å². The molecule has 0 spiro atoms. The van der Waals surface area contributed by atoms with Crippen LogP contribution in [0.4, 0.5) is 4.39 Å². The molecule has 0 heterocycles. The van der Waals surface area contributed by atoms with E-state index in [9.17, 15) is 12.8 Å². The van der Waals surface area contributed by atoms with E-state index in [-0.39, 0.29) is 10.6 Å². The molecule has 0 aliphatic carbocycles. The molecule has 0 aliphatic heterocycles. The van der Waals surface area contributed by atoms with Crippen molar-refractivity contribution < 1.29 is 17.9 Å². The largest absolute Gasteiger partial charge is 0.395 e. The minimum absolute atomic E-state index is 0.0485. The summed E-state index contributed by atoms with van der Waals surface area (Å²) in [5.74, 6) is -1.53. The van der Waals surface area contributed by atoms with Crippen LogP contribution in [0.25, 0.3) is 0 Å². The van der Waals surface area contributed by atoms with E-state index in [0.29, 0.717) is 0 Å². The highest BCUT2D eigenvalue weighted by molar-refractivity contribution is 7.90. The van der Waals surface area contributed by atoms with Gasteiger partial charge < -0.3 is 5.11 Å². The lowest BCUT2D eigenvalue weighted by Crippen LogP contribution is -2.13. The van der Waals surface area contributed by atoms with Gasteiger partial charge in [0.25, 0.3) is 0 Å². The lowest BCUT2D eigenvalue weighted by molar-refractivity contribution is 0.319. The molecule has 1 rings (SSSR count). The van der Waals surface area contributed by atoms with Crippen LogP contribution in [0.1, 0.15) is 5.56 Å². The highest BCUT2D eigenvalue weighted by Gasteiger charge is 2.16. The van der Waals surface area contributed by atoms with E-state index in [1.165, 1.54) is 12.1 Å². The Labute approximate surface area is 92.4 Å². The lowest BCUT2D eigenvalue weighted by atomic mass is 10.2. The van der Waals surface area contributed by atoms with Crippen molar-refractivity contribution in [3.8, 4) is 0 Å². The summed E-state index contributed by atoms with van der Waals surface area (Å²) in [5, 5.41) is 8.59. The van der Waals surface area contributed by atoms with E-state index >= 15 is 0 Å². The maximum Gasteiger partial charge on any atom is 0.156 e. The predicted octanol–water partition coefficient (Wildman–Crippen LogP) is 1.39. The zero-order chi connectivity index (χ0) is 11.5. The summed E-state index contributed by atoms with van der Waals surface area (Å²) in [6, 6.07) is 3.98. The van der Waals surface area contributed by atoms with Crippen molar-refractivity contribution in [1.29, 1.82) is 0 Å². The van der Waals surface area contributed by atoms with E-state index in [2.05, 4.69) is 0 Å². The van der Waals surface area contributed by atoms with Crippen molar-refractivity contribution in [3.63, 3.8) is 0 Å². The second-order valence-electron chi connectivity index (χ2n) is 3.02. The zero-order valence-corrected chi connectivity index (χ0v) is 9.35. The molecule has 0 radical (unpaired) electrons. The fourth-order valence-electron chi connectivity index (χ4n) is 1.10. The zero-order valence-electron chi connectivity index (χ0n) is 7.78. The van der Waals surface area contributed by atoms with Crippen molar-refractivity contribution >= 4 is 21.4 Å². The van der Waals surface area contributed by atoms with Gasteiger partial charge in [0.2, 0.25) is 0 Å². The number of halogens is 2. The quantitative estimate of drug-likeness (QED) is 0.881. The first-order valence-corrected chi connectivity index (χ1v) is 6.40. The predicted molar refractivity (Wildman–Crippen MR) is 56.0 cm³/mol. The van der Waals surface area contributed by atoms with Gasteiger partial charge in [0, 0.05) is 10.6 Å². The SMILES string of the molecule is O=S(=O)(CCO)Cc1c(F)cccc1Cl.